The fraction of sp³-hybridized carbons (Fsp3) is 0. The minimum absolute atomic E-state index is 0.0608. The first kappa shape index (κ1) is 14.0. The highest BCUT2D eigenvalue weighted by Crippen LogP contribution is 2.30. The Bertz CT molecular complexity index is 814. The zero-order chi connectivity index (χ0) is 15.0. The highest BCUT2D eigenvalue weighted by atomic mass is 35.5. The zero-order valence-corrected chi connectivity index (χ0v) is 12.6. The van der Waals surface area contributed by atoms with Crippen LogP contribution in [0.2, 0.25) is 5.02 Å². The first-order valence-corrected chi connectivity index (χ1v) is 7.17. The molecule has 0 spiro atoms. The Morgan fingerprint density at radius 2 is 2.05 bits per heavy atom. The van der Waals surface area contributed by atoms with Crippen molar-refractivity contribution in [2.75, 3.05) is 0 Å². The second kappa shape index (κ2) is 5.43. The first-order chi connectivity index (χ1) is 10.0. The van der Waals surface area contributed by atoms with Crippen LogP contribution in [0.1, 0.15) is 0 Å². The maximum Gasteiger partial charge on any atom is 0.344 e. The molecule has 0 N–H and O–H groups in total. The van der Waals surface area contributed by atoms with Crippen molar-refractivity contribution in [2.24, 2.45) is 0 Å². The highest BCUT2D eigenvalue weighted by molar-refractivity contribution is 7.78. The van der Waals surface area contributed by atoms with Crippen molar-refractivity contribution in [1.82, 2.24) is 19.2 Å². The van der Waals surface area contributed by atoms with Crippen LogP contribution in [0.5, 0.6) is 0 Å². The molecule has 0 saturated carbocycles. The molecule has 3 rings (SSSR count). The smallest absolute Gasteiger partial charge is 0.257 e. The fourth-order valence-corrected chi connectivity index (χ4v) is 2.74. The van der Waals surface area contributed by atoms with Crippen molar-refractivity contribution in [1.29, 1.82) is 0 Å². The summed E-state index contributed by atoms with van der Waals surface area (Å²) in [6.45, 7) is 0. The Kier molecular flexibility index (Phi) is 3.62. The third kappa shape index (κ3) is 2.75. The van der Waals surface area contributed by atoms with E-state index in [1.807, 2.05) is 0 Å². The van der Waals surface area contributed by atoms with E-state index in [1.165, 1.54) is 10.3 Å². The molecule has 0 fully saturated rings. The molecule has 0 aliphatic rings. The molecule has 0 unspecified atom stereocenters. The first-order valence-electron chi connectivity index (χ1n) is 5.57. The summed E-state index contributed by atoms with van der Waals surface area (Å²) in [5.74, 6) is 0.788. The number of thiazole rings is 1. The van der Waals surface area contributed by atoms with Gasteiger partial charge in [0, 0.05) is 10.6 Å². The molecule has 106 valence electrons. The number of hydrogen-bond acceptors (Lipinski definition) is 7. The lowest BCUT2D eigenvalue weighted by atomic mass is 10.2. The van der Waals surface area contributed by atoms with E-state index in [1.54, 1.807) is 24.3 Å². The van der Waals surface area contributed by atoms with Crippen LogP contribution in [-0.2, 0) is 0 Å². The fourth-order valence-electron chi connectivity index (χ4n) is 1.61. The molecule has 0 saturated heterocycles. The van der Waals surface area contributed by atoms with Crippen LogP contribution in [-0.4, -0.2) is 24.1 Å². The number of thiol groups is 1. The Hall–Kier alpha value is -1.97. The Balaban J connectivity index is 2.00. The number of nitro groups is 1. The van der Waals surface area contributed by atoms with E-state index < -0.39 is 4.92 Å². The van der Waals surface area contributed by atoms with E-state index in [2.05, 4.69) is 27.9 Å². The van der Waals surface area contributed by atoms with Gasteiger partial charge in [-0.05, 0) is 48.4 Å². The van der Waals surface area contributed by atoms with Gasteiger partial charge >= 0.3 is 5.00 Å². The number of rotatable bonds is 3. The van der Waals surface area contributed by atoms with E-state index in [9.17, 15) is 10.1 Å². The van der Waals surface area contributed by atoms with E-state index in [-0.39, 0.29) is 5.00 Å². The third-order valence-corrected chi connectivity index (χ3v) is 4.03. The second-order valence-electron chi connectivity index (χ2n) is 3.92. The topological polar surface area (TPSA) is 86.7 Å². The molecule has 0 aliphatic carbocycles. The summed E-state index contributed by atoms with van der Waals surface area (Å²) < 4.78 is 1.24. The maximum atomic E-state index is 10.7. The molecule has 0 amide bonds. The lowest BCUT2D eigenvalue weighted by Gasteiger charge is -1.93. The van der Waals surface area contributed by atoms with Crippen LogP contribution in [0.4, 0.5) is 5.00 Å². The standard InChI is InChI=1S/C11H6ClN5O2S2/c12-7-3-1-6(2-4-7)9-14-10(16(20)15-9)11-13-5-8(21-11)17(18)19/h1-5,20H. The molecule has 0 radical (unpaired) electrons. The van der Waals surface area contributed by atoms with Crippen LogP contribution in [0.25, 0.3) is 22.2 Å². The molecule has 2 aromatic heterocycles. The molecule has 2 heterocycles. The molecule has 0 atom stereocenters. The molecular formula is C11H6ClN5O2S2. The van der Waals surface area contributed by atoms with Gasteiger partial charge in [0.05, 0.1) is 4.92 Å². The summed E-state index contributed by atoms with van der Waals surface area (Å²) in [5.41, 5.74) is 0.763. The molecular weight excluding hydrogens is 334 g/mol. The average Bonchev–Trinajstić information content (AvgIpc) is 3.06. The van der Waals surface area contributed by atoms with Gasteiger partial charge < -0.3 is 0 Å². The Morgan fingerprint density at radius 1 is 1.33 bits per heavy atom. The number of hydrogen-bond donors (Lipinski definition) is 1. The number of halogens is 1. The zero-order valence-electron chi connectivity index (χ0n) is 10.2. The minimum Gasteiger partial charge on any atom is -0.257 e. The molecule has 1 aromatic carbocycles. The largest absolute Gasteiger partial charge is 0.344 e. The summed E-state index contributed by atoms with van der Waals surface area (Å²) in [4.78, 5) is 18.5. The lowest BCUT2D eigenvalue weighted by Crippen LogP contribution is -1.87. The monoisotopic (exact) mass is 339 g/mol. The number of aromatic nitrogens is 4. The molecule has 3 aromatic rings. The van der Waals surface area contributed by atoms with Gasteiger partial charge in [-0.15, -0.1) is 5.10 Å². The van der Waals surface area contributed by atoms with Gasteiger partial charge in [-0.3, -0.25) is 10.1 Å². The van der Waals surface area contributed by atoms with Crippen molar-refractivity contribution in [2.45, 2.75) is 0 Å². The molecule has 21 heavy (non-hydrogen) atoms. The number of benzene rings is 1. The van der Waals surface area contributed by atoms with Gasteiger partial charge in [0.15, 0.2) is 16.7 Å². The van der Waals surface area contributed by atoms with E-state index in [0.717, 1.165) is 16.9 Å². The van der Waals surface area contributed by atoms with Crippen molar-refractivity contribution in [3.8, 4) is 22.2 Å². The predicted molar refractivity (Wildman–Crippen MR) is 82.6 cm³/mol. The van der Waals surface area contributed by atoms with Crippen LogP contribution in [0.3, 0.4) is 0 Å². The maximum absolute atomic E-state index is 10.7. The van der Waals surface area contributed by atoms with Gasteiger partial charge in [0.1, 0.15) is 6.20 Å². The molecule has 7 nitrogen and oxygen atoms in total. The van der Waals surface area contributed by atoms with Crippen LogP contribution < -0.4 is 0 Å². The predicted octanol–water partition coefficient (Wildman–Crippen LogP) is 3.32. The van der Waals surface area contributed by atoms with Crippen molar-refractivity contribution < 1.29 is 4.92 Å². The van der Waals surface area contributed by atoms with Crippen LogP contribution in [0.15, 0.2) is 30.5 Å². The van der Waals surface area contributed by atoms with Crippen molar-refractivity contribution in [3.63, 3.8) is 0 Å². The normalized spacial score (nSPS) is 10.8. The average molecular weight is 340 g/mol. The Labute approximate surface area is 132 Å². The van der Waals surface area contributed by atoms with E-state index >= 15 is 0 Å². The van der Waals surface area contributed by atoms with E-state index in [4.69, 9.17) is 11.6 Å². The Morgan fingerprint density at radius 3 is 2.67 bits per heavy atom. The van der Waals surface area contributed by atoms with Gasteiger partial charge in [0.2, 0.25) is 0 Å². The summed E-state index contributed by atoms with van der Waals surface area (Å²) in [6.07, 6.45) is 1.18. The third-order valence-electron chi connectivity index (χ3n) is 2.56. The molecule has 0 bridgehead atoms. The highest BCUT2D eigenvalue weighted by Gasteiger charge is 2.18. The van der Waals surface area contributed by atoms with Gasteiger partial charge in [-0.1, -0.05) is 11.6 Å². The molecule has 0 aliphatic heterocycles. The quantitative estimate of drug-likeness (QED) is 0.449. The summed E-state index contributed by atoms with van der Waals surface area (Å²) in [5, 5.41) is 15.8. The minimum atomic E-state index is -0.500. The van der Waals surface area contributed by atoms with Gasteiger partial charge in [-0.25, -0.2) is 9.97 Å². The summed E-state index contributed by atoms with van der Waals surface area (Å²) in [6, 6.07) is 7.01. The SMILES string of the molecule is O=[N+]([O-])c1cnc(-c2nc(-c3ccc(Cl)cc3)nn2S)s1. The van der Waals surface area contributed by atoms with Crippen molar-refractivity contribution in [3.05, 3.63) is 45.6 Å². The van der Waals surface area contributed by atoms with Gasteiger partial charge in [0.25, 0.3) is 0 Å². The lowest BCUT2D eigenvalue weighted by molar-refractivity contribution is -0.380. The second-order valence-corrected chi connectivity index (χ2v) is 5.74. The van der Waals surface area contributed by atoms with Crippen LogP contribution >= 0.6 is 35.8 Å². The van der Waals surface area contributed by atoms with Crippen molar-refractivity contribution >= 4 is 40.8 Å². The van der Waals surface area contributed by atoms with Crippen LogP contribution in [0, 0.1) is 10.1 Å². The summed E-state index contributed by atoms with van der Waals surface area (Å²) >= 11 is 10.9. The summed E-state index contributed by atoms with van der Waals surface area (Å²) in [7, 11) is 0. The van der Waals surface area contributed by atoms with E-state index in [0.29, 0.717) is 21.7 Å². The number of nitrogens with zero attached hydrogens (tertiary/aromatic N) is 5. The molecule has 10 heteroatoms. The van der Waals surface area contributed by atoms with Gasteiger partial charge in [-0.2, -0.15) is 4.09 Å².